The van der Waals surface area contributed by atoms with E-state index in [1.165, 1.54) is 7.11 Å². The summed E-state index contributed by atoms with van der Waals surface area (Å²) >= 11 is 0. The van der Waals surface area contributed by atoms with Crippen LogP contribution in [0.3, 0.4) is 0 Å². The number of aryl methyl sites for hydroxylation is 1. The molecule has 2 N–H and O–H groups in total. The zero-order valence-electron chi connectivity index (χ0n) is 18.4. The minimum Gasteiger partial charge on any atom is -0.465 e. The van der Waals surface area contributed by atoms with Crippen LogP contribution < -0.4 is 10.6 Å². The molecular formula is C24H29N3O3. The van der Waals surface area contributed by atoms with Crippen LogP contribution in [0.25, 0.3) is 10.9 Å². The number of carbonyl (C=O) groups excluding carboxylic acids is 2. The zero-order chi connectivity index (χ0) is 22.1. The predicted octanol–water partition coefficient (Wildman–Crippen LogP) is 4.67. The second kappa shape index (κ2) is 8.22. The zero-order valence-corrected chi connectivity index (χ0v) is 18.4. The van der Waals surface area contributed by atoms with Gasteiger partial charge in [-0.15, -0.1) is 0 Å². The number of hydrogen-bond acceptors (Lipinski definition) is 4. The molecular weight excluding hydrogens is 378 g/mol. The topological polar surface area (TPSA) is 72.4 Å². The van der Waals surface area contributed by atoms with Gasteiger partial charge < -0.3 is 19.9 Å². The van der Waals surface area contributed by atoms with Crippen molar-refractivity contribution in [3.8, 4) is 0 Å². The number of ether oxygens (including phenoxy) is 1. The molecule has 0 spiro atoms. The van der Waals surface area contributed by atoms with Gasteiger partial charge in [-0.3, -0.25) is 4.79 Å². The monoisotopic (exact) mass is 407 g/mol. The molecule has 1 amide bonds. The van der Waals surface area contributed by atoms with Gasteiger partial charge in [-0.2, -0.15) is 0 Å². The van der Waals surface area contributed by atoms with Crippen molar-refractivity contribution in [3.05, 3.63) is 65.4 Å². The molecule has 1 atom stereocenters. The van der Waals surface area contributed by atoms with Gasteiger partial charge in [-0.25, -0.2) is 4.79 Å². The second-order valence-electron chi connectivity index (χ2n) is 8.48. The molecule has 2 aromatic carbocycles. The Morgan fingerprint density at radius 2 is 1.67 bits per heavy atom. The van der Waals surface area contributed by atoms with E-state index in [2.05, 4.69) is 31.4 Å². The van der Waals surface area contributed by atoms with E-state index in [0.29, 0.717) is 11.3 Å². The van der Waals surface area contributed by atoms with Crippen molar-refractivity contribution in [3.63, 3.8) is 0 Å². The van der Waals surface area contributed by atoms with Gasteiger partial charge >= 0.3 is 5.97 Å². The van der Waals surface area contributed by atoms with E-state index in [-0.39, 0.29) is 23.5 Å². The Labute approximate surface area is 177 Å². The summed E-state index contributed by atoms with van der Waals surface area (Å²) in [7, 11) is 3.26. The van der Waals surface area contributed by atoms with Crippen molar-refractivity contribution in [2.24, 2.45) is 7.05 Å². The molecule has 0 aliphatic carbocycles. The van der Waals surface area contributed by atoms with E-state index in [4.69, 9.17) is 4.74 Å². The standard InChI is InChI=1S/C24H29N3O3/c1-15(16-11-13-17(14-12-16)23(29)30-6)25-22(28)21-20(26-24(2,3)4)18-9-7-8-10-19(18)27(21)5/h7-15,26H,1-6H3,(H,25,28)/t15-/m0/s1. The van der Waals surface area contributed by atoms with Crippen LogP contribution in [-0.2, 0) is 11.8 Å². The lowest BCUT2D eigenvalue weighted by atomic mass is 10.1. The third-order valence-corrected chi connectivity index (χ3v) is 5.00. The summed E-state index contributed by atoms with van der Waals surface area (Å²) in [5.41, 5.74) is 3.58. The Morgan fingerprint density at radius 3 is 2.27 bits per heavy atom. The summed E-state index contributed by atoms with van der Waals surface area (Å²) in [5, 5.41) is 7.60. The number of anilines is 1. The fraction of sp³-hybridized carbons (Fsp3) is 0.333. The van der Waals surface area contributed by atoms with Crippen LogP contribution in [0.2, 0.25) is 0 Å². The summed E-state index contributed by atoms with van der Waals surface area (Å²) in [5.74, 6) is -0.545. The number of esters is 1. The maximum Gasteiger partial charge on any atom is 0.337 e. The molecule has 0 bridgehead atoms. The van der Waals surface area contributed by atoms with E-state index < -0.39 is 0 Å². The van der Waals surface area contributed by atoms with Crippen molar-refractivity contribution >= 4 is 28.5 Å². The predicted molar refractivity (Wildman–Crippen MR) is 120 cm³/mol. The molecule has 0 aliphatic rings. The Morgan fingerprint density at radius 1 is 1.03 bits per heavy atom. The van der Waals surface area contributed by atoms with Crippen molar-refractivity contribution in [2.75, 3.05) is 12.4 Å². The normalized spacial score (nSPS) is 12.5. The molecule has 3 rings (SSSR count). The van der Waals surface area contributed by atoms with Crippen molar-refractivity contribution < 1.29 is 14.3 Å². The Balaban J connectivity index is 1.92. The molecule has 0 saturated heterocycles. The van der Waals surface area contributed by atoms with Crippen molar-refractivity contribution in [2.45, 2.75) is 39.3 Å². The number of para-hydroxylation sites is 1. The van der Waals surface area contributed by atoms with Gasteiger partial charge in [-0.1, -0.05) is 30.3 Å². The lowest BCUT2D eigenvalue weighted by Gasteiger charge is -2.23. The number of nitrogens with zero attached hydrogens (tertiary/aromatic N) is 1. The summed E-state index contributed by atoms with van der Waals surface area (Å²) in [6, 6.07) is 14.8. The molecule has 0 radical (unpaired) electrons. The number of amides is 1. The smallest absolute Gasteiger partial charge is 0.337 e. The quantitative estimate of drug-likeness (QED) is 0.603. The minimum absolute atomic E-state index is 0.162. The maximum atomic E-state index is 13.3. The highest BCUT2D eigenvalue weighted by Crippen LogP contribution is 2.32. The minimum atomic E-state index is -0.383. The van der Waals surface area contributed by atoms with E-state index in [1.54, 1.807) is 12.1 Å². The molecule has 6 nitrogen and oxygen atoms in total. The molecule has 1 heterocycles. The highest BCUT2D eigenvalue weighted by Gasteiger charge is 2.25. The van der Waals surface area contributed by atoms with Gasteiger partial charge in [0.2, 0.25) is 0 Å². The van der Waals surface area contributed by atoms with Gasteiger partial charge in [0.15, 0.2) is 0 Å². The van der Waals surface area contributed by atoms with E-state index in [0.717, 1.165) is 22.2 Å². The van der Waals surface area contributed by atoms with E-state index in [9.17, 15) is 9.59 Å². The van der Waals surface area contributed by atoms with E-state index in [1.807, 2.05) is 54.9 Å². The molecule has 0 aliphatic heterocycles. The SMILES string of the molecule is COC(=O)c1ccc([C@H](C)NC(=O)c2c(NC(C)(C)C)c3ccccc3n2C)cc1. The van der Waals surface area contributed by atoms with Gasteiger partial charge in [0.1, 0.15) is 5.69 Å². The Bertz CT molecular complexity index is 1080. The second-order valence-corrected chi connectivity index (χ2v) is 8.48. The van der Waals surface area contributed by atoms with Gasteiger partial charge in [0.05, 0.1) is 29.9 Å². The summed E-state index contributed by atoms with van der Waals surface area (Å²) in [6.07, 6.45) is 0. The molecule has 0 fully saturated rings. The van der Waals surface area contributed by atoms with E-state index >= 15 is 0 Å². The number of fused-ring (bicyclic) bond motifs is 1. The maximum absolute atomic E-state index is 13.3. The average Bonchev–Trinajstić information content (AvgIpc) is 2.98. The molecule has 158 valence electrons. The molecule has 3 aromatic rings. The molecule has 30 heavy (non-hydrogen) atoms. The van der Waals surface area contributed by atoms with Crippen LogP contribution in [0.4, 0.5) is 5.69 Å². The third kappa shape index (κ3) is 4.32. The summed E-state index contributed by atoms with van der Waals surface area (Å²) in [4.78, 5) is 24.9. The number of nitrogens with one attached hydrogen (secondary N) is 2. The number of carbonyl (C=O) groups is 2. The largest absolute Gasteiger partial charge is 0.465 e. The van der Waals surface area contributed by atoms with Crippen molar-refractivity contribution in [1.29, 1.82) is 0 Å². The fourth-order valence-corrected chi connectivity index (χ4v) is 3.53. The lowest BCUT2D eigenvalue weighted by molar-refractivity contribution is 0.0600. The fourth-order valence-electron chi connectivity index (χ4n) is 3.53. The van der Waals surface area contributed by atoms with Crippen LogP contribution in [0.5, 0.6) is 0 Å². The number of aromatic nitrogens is 1. The first kappa shape index (κ1) is 21.4. The average molecular weight is 408 g/mol. The molecule has 0 unspecified atom stereocenters. The Kier molecular flexibility index (Phi) is 5.87. The highest BCUT2D eigenvalue weighted by molar-refractivity contribution is 6.09. The van der Waals surface area contributed by atoms with Crippen LogP contribution in [0.1, 0.15) is 60.1 Å². The first-order valence-corrected chi connectivity index (χ1v) is 9.97. The number of hydrogen-bond donors (Lipinski definition) is 2. The molecule has 1 aromatic heterocycles. The summed E-state index contributed by atoms with van der Waals surface area (Å²) < 4.78 is 6.66. The number of methoxy groups -OCH3 is 1. The van der Waals surface area contributed by atoms with Gasteiger partial charge in [0.25, 0.3) is 5.91 Å². The van der Waals surface area contributed by atoms with Crippen LogP contribution in [0.15, 0.2) is 48.5 Å². The van der Waals surface area contributed by atoms with Gasteiger partial charge in [-0.05, 0) is 51.5 Å². The first-order chi connectivity index (χ1) is 14.1. The summed E-state index contributed by atoms with van der Waals surface area (Å²) in [6.45, 7) is 8.14. The molecule has 6 heteroatoms. The highest BCUT2D eigenvalue weighted by atomic mass is 16.5. The van der Waals surface area contributed by atoms with Crippen LogP contribution >= 0.6 is 0 Å². The van der Waals surface area contributed by atoms with Crippen LogP contribution in [-0.4, -0.2) is 29.1 Å². The first-order valence-electron chi connectivity index (χ1n) is 9.97. The van der Waals surface area contributed by atoms with Gasteiger partial charge in [0, 0.05) is 18.0 Å². The number of rotatable bonds is 5. The third-order valence-electron chi connectivity index (χ3n) is 5.00. The van der Waals surface area contributed by atoms with Crippen molar-refractivity contribution in [1.82, 2.24) is 9.88 Å². The molecule has 0 saturated carbocycles. The number of benzene rings is 2. The Hall–Kier alpha value is -3.28. The lowest BCUT2D eigenvalue weighted by Crippen LogP contribution is -2.31. The van der Waals surface area contributed by atoms with Crippen LogP contribution in [0, 0.1) is 0 Å².